The molecule has 6 heteroatoms. The normalized spacial score (nSPS) is 15.4. The van der Waals surface area contributed by atoms with Crippen LogP contribution in [0.1, 0.15) is 13.0 Å². The van der Waals surface area contributed by atoms with Crippen molar-refractivity contribution >= 4 is 42.5 Å². The molecule has 2 aliphatic rings. The Hall–Kier alpha value is -3.38. The quantitative estimate of drug-likeness (QED) is 0.111. The van der Waals surface area contributed by atoms with Gasteiger partial charge in [-0.3, -0.25) is 0 Å². The molecule has 2 saturated carbocycles. The van der Waals surface area contributed by atoms with E-state index in [1.807, 2.05) is 32.1 Å². The van der Waals surface area contributed by atoms with Crippen molar-refractivity contribution in [3.63, 3.8) is 0 Å². The van der Waals surface area contributed by atoms with Crippen LogP contribution in [-0.2, 0) is 17.1 Å². The maximum atomic E-state index is 4.96. The largest absolute Gasteiger partial charge is 2.00 e. The fraction of sp³-hybridized carbons (Fsp3) is 0.0455. The third kappa shape index (κ3) is 8.39. The second kappa shape index (κ2) is 18.2. The molecule has 0 unspecified atom stereocenters. The van der Waals surface area contributed by atoms with Gasteiger partial charge in [0.15, 0.2) is 0 Å². The van der Waals surface area contributed by atoms with Crippen molar-refractivity contribution in [2.24, 2.45) is 0 Å². The summed E-state index contributed by atoms with van der Waals surface area (Å²) >= 11 is 0. The predicted molar refractivity (Wildman–Crippen MR) is 209 cm³/mol. The second-order valence-electron chi connectivity index (χ2n) is 11.6. The summed E-state index contributed by atoms with van der Waals surface area (Å²) in [7, 11) is -1.71. The van der Waals surface area contributed by atoms with Crippen molar-refractivity contribution in [2.75, 3.05) is 0 Å². The molecule has 2 aliphatic carbocycles. The van der Waals surface area contributed by atoms with E-state index in [4.69, 9.17) is 10.3 Å². The molecule has 0 spiro atoms. The van der Waals surface area contributed by atoms with Crippen LogP contribution in [0.5, 0.6) is 0 Å². The third-order valence-electron chi connectivity index (χ3n) is 8.43. The van der Waals surface area contributed by atoms with Crippen LogP contribution in [0.2, 0.25) is 0 Å². The Morgan fingerprint density at radius 2 is 0.880 bits per heavy atom. The van der Waals surface area contributed by atoms with Crippen LogP contribution in [0.4, 0.5) is 0 Å². The number of aromatic nitrogens is 3. The maximum absolute atomic E-state index is 4.96. The molecule has 0 bridgehead atoms. The zero-order chi connectivity index (χ0) is 33.3. The summed E-state index contributed by atoms with van der Waals surface area (Å²) in [6.45, 7) is 2.28. The third-order valence-corrected chi connectivity index (χ3v) is 13.4. The molecule has 0 aliphatic heterocycles. The predicted octanol–water partition coefficient (Wildman–Crippen LogP) is 8.15. The van der Waals surface area contributed by atoms with Crippen LogP contribution in [0.3, 0.4) is 0 Å². The van der Waals surface area contributed by atoms with Gasteiger partial charge in [0.05, 0.1) is 11.5 Å². The van der Waals surface area contributed by atoms with Gasteiger partial charge in [-0.05, 0) is 87.4 Å². The van der Waals surface area contributed by atoms with Crippen LogP contribution in [0, 0.1) is 62.9 Å². The topological polar surface area (TPSA) is 30.7 Å². The zero-order valence-corrected chi connectivity index (χ0v) is 30.6. The molecular weight excluding hydrogens is 688 g/mol. The van der Waals surface area contributed by atoms with Gasteiger partial charge in [-0.25, -0.2) is 4.68 Å². The van der Waals surface area contributed by atoms with Crippen LogP contribution in [0.15, 0.2) is 152 Å². The van der Waals surface area contributed by atoms with Gasteiger partial charge in [0, 0.05) is 25.1 Å². The Bertz CT molecular complexity index is 1760. The minimum Gasteiger partial charge on any atom is -0.240 e. The van der Waals surface area contributed by atoms with Crippen molar-refractivity contribution in [2.45, 2.75) is 13.0 Å². The van der Waals surface area contributed by atoms with Gasteiger partial charge in [0.2, 0.25) is 0 Å². The Kier molecular flexibility index (Phi) is 13.3. The molecule has 6 aromatic rings. The summed E-state index contributed by atoms with van der Waals surface area (Å²) in [5, 5.41) is 15.1. The molecule has 0 saturated heterocycles. The summed E-state index contributed by atoms with van der Waals surface area (Å²) in [5.41, 5.74) is 4.54. The summed E-state index contributed by atoms with van der Waals surface area (Å²) in [4.78, 5) is 0. The molecule has 0 amide bonds. The Morgan fingerprint density at radius 1 is 0.480 bits per heavy atom. The van der Waals surface area contributed by atoms with E-state index in [1.165, 1.54) is 32.8 Å². The van der Waals surface area contributed by atoms with E-state index >= 15 is 0 Å². The van der Waals surface area contributed by atoms with E-state index in [0.29, 0.717) is 0 Å². The molecule has 1 aromatic heterocycles. The van der Waals surface area contributed by atoms with E-state index in [2.05, 4.69) is 183 Å². The molecule has 5 aromatic carbocycles. The zero-order valence-electron chi connectivity index (χ0n) is 27.7. The fourth-order valence-electron chi connectivity index (χ4n) is 6.10. The molecule has 0 N–H and O–H groups in total. The first-order chi connectivity index (χ1) is 24.3. The second-order valence-corrected chi connectivity index (χ2v) is 15.9. The van der Waals surface area contributed by atoms with Crippen molar-refractivity contribution in [3.8, 4) is 11.3 Å². The number of hydrogen-bond donors (Lipinski definition) is 0. The van der Waals surface area contributed by atoms with Crippen LogP contribution in [-0.4, -0.2) is 15.0 Å². The van der Waals surface area contributed by atoms with Gasteiger partial charge in [-0.2, -0.15) is 0 Å². The smallest absolute Gasteiger partial charge is 0.240 e. The number of hydrogen-bond acceptors (Lipinski definition) is 2. The van der Waals surface area contributed by atoms with Crippen molar-refractivity contribution in [3.05, 3.63) is 215 Å². The van der Waals surface area contributed by atoms with Gasteiger partial charge in [-0.1, -0.05) is 157 Å². The first-order valence-electron chi connectivity index (χ1n) is 16.5. The molecular formula is C44H37FeN3P2+2. The van der Waals surface area contributed by atoms with Crippen molar-refractivity contribution in [1.82, 2.24) is 15.0 Å². The van der Waals surface area contributed by atoms with Crippen molar-refractivity contribution in [1.29, 1.82) is 0 Å². The van der Waals surface area contributed by atoms with Crippen LogP contribution in [0.25, 0.3) is 11.3 Å². The van der Waals surface area contributed by atoms with Crippen LogP contribution >= 0.6 is 15.8 Å². The Balaban J connectivity index is 0.000000663. The molecule has 1 heterocycles. The van der Waals surface area contributed by atoms with E-state index in [0.717, 1.165) is 16.7 Å². The Morgan fingerprint density at radius 3 is 1.32 bits per heavy atom. The van der Waals surface area contributed by atoms with Gasteiger partial charge < -0.3 is 0 Å². The molecule has 1 atom stereocenters. The fourth-order valence-corrected chi connectivity index (χ4v) is 11.2. The first kappa shape index (κ1) is 36.4. The van der Waals surface area contributed by atoms with E-state index in [1.54, 1.807) is 0 Å². The van der Waals surface area contributed by atoms with E-state index < -0.39 is 15.8 Å². The summed E-state index contributed by atoms with van der Waals surface area (Å²) in [5.74, 6) is 1.28. The molecule has 50 heavy (non-hydrogen) atoms. The van der Waals surface area contributed by atoms with Crippen molar-refractivity contribution < 1.29 is 17.1 Å². The first-order valence-corrected chi connectivity index (χ1v) is 19.2. The summed E-state index contributed by atoms with van der Waals surface area (Å²) in [6.07, 6.45) is 16.8. The maximum Gasteiger partial charge on any atom is 2.00 e. The number of rotatable bonds is 9. The standard InChI is InChI=1S/C39H32N3P2.C5H5.Fe/c1-30(36-28-17-29-37(36)43(32-20-9-3-10-21-32)33-22-11-4-12-23-33)42-39(38(40-41-42)31-18-7-2-8-19-31)44(34-24-13-5-14-25-34)35-26-15-6-16-27-35;1-2-4-5-3-1;/h2-30H,1H3;1-5H;/q;;+2/t30-;;/m0../s1. The van der Waals surface area contributed by atoms with E-state index in [-0.39, 0.29) is 23.1 Å². The van der Waals surface area contributed by atoms with Gasteiger partial charge in [0.1, 0.15) is 5.69 Å². The molecule has 244 valence electrons. The molecule has 8 rings (SSSR count). The SMILES string of the molecule is C[C@@H]([C]1[CH][CH][CH][C]1P(c1ccccc1)c1ccccc1)n1nnc(-c2ccccc2)c1P(c1ccccc1)c1ccccc1.[CH]1[CH][CH][CH][CH]1.[Fe+2]. The monoisotopic (exact) mass is 725 g/mol. The van der Waals surface area contributed by atoms with Gasteiger partial charge >= 0.3 is 17.1 Å². The molecule has 3 nitrogen and oxygen atoms in total. The van der Waals surface area contributed by atoms with Gasteiger partial charge in [0.25, 0.3) is 0 Å². The number of benzene rings is 5. The Labute approximate surface area is 311 Å². The van der Waals surface area contributed by atoms with Gasteiger partial charge in [-0.15, -0.1) is 5.10 Å². The minimum absolute atomic E-state index is 0. The number of nitrogens with zero attached hydrogens (tertiary/aromatic N) is 3. The molecule has 10 radical (unpaired) electrons. The minimum atomic E-state index is -0.952. The van der Waals surface area contributed by atoms with E-state index in [9.17, 15) is 0 Å². The van der Waals surface area contributed by atoms with Crippen LogP contribution < -0.4 is 26.7 Å². The average molecular weight is 726 g/mol. The molecule has 2 fully saturated rings. The summed E-state index contributed by atoms with van der Waals surface area (Å²) in [6, 6.07) is 54.0. The average Bonchev–Trinajstić information content (AvgIpc) is 3.99. The summed E-state index contributed by atoms with van der Waals surface area (Å²) < 4.78 is 2.20.